The SMILES string of the molecule is NC(=O)CC(N)C(=O)NC(Cc1c[nH]c2ccccc12)C(=O)NC(CC(N)=O)C(=O)NC(CC(N)=O)C(=O)O. The van der Waals surface area contributed by atoms with Gasteiger partial charge < -0.3 is 49.0 Å². The molecule has 1 aromatic carbocycles. The van der Waals surface area contributed by atoms with Crippen LogP contribution in [0.5, 0.6) is 0 Å². The minimum absolute atomic E-state index is 0.116. The van der Waals surface area contributed by atoms with Gasteiger partial charge in [0.15, 0.2) is 0 Å². The average molecular weight is 547 g/mol. The monoisotopic (exact) mass is 546 g/mol. The highest BCUT2D eigenvalue weighted by Crippen LogP contribution is 2.19. The summed E-state index contributed by atoms with van der Waals surface area (Å²) < 4.78 is 0. The summed E-state index contributed by atoms with van der Waals surface area (Å²) in [6.45, 7) is 0. The van der Waals surface area contributed by atoms with Gasteiger partial charge in [-0.3, -0.25) is 28.8 Å². The Labute approximate surface area is 221 Å². The summed E-state index contributed by atoms with van der Waals surface area (Å²) in [7, 11) is 0. The molecule has 4 unspecified atom stereocenters. The second-order valence-corrected chi connectivity index (χ2v) is 8.70. The number of nitrogens with two attached hydrogens (primary N) is 4. The van der Waals surface area contributed by atoms with Gasteiger partial charge in [0.2, 0.25) is 35.4 Å². The lowest BCUT2D eigenvalue weighted by Crippen LogP contribution is -2.58. The number of amides is 6. The van der Waals surface area contributed by atoms with Crippen molar-refractivity contribution in [2.24, 2.45) is 22.9 Å². The third kappa shape index (κ3) is 9.12. The third-order valence-corrected chi connectivity index (χ3v) is 5.55. The van der Waals surface area contributed by atoms with E-state index >= 15 is 0 Å². The van der Waals surface area contributed by atoms with Crippen LogP contribution < -0.4 is 38.9 Å². The number of H-pyrrole nitrogens is 1. The Kier molecular flexibility index (Phi) is 10.5. The molecule has 210 valence electrons. The molecule has 0 saturated heterocycles. The minimum Gasteiger partial charge on any atom is -0.480 e. The molecule has 2 rings (SSSR count). The van der Waals surface area contributed by atoms with Crippen LogP contribution in [0.2, 0.25) is 0 Å². The summed E-state index contributed by atoms with van der Waals surface area (Å²) >= 11 is 0. The lowest BCUT2D eigenvalue weighted by molar-refractivity contribution is -0.144. The smallest absolute Gasteiger partial charge is 0.326 e. The largest absolute Gasteiger partial charge is 0.480 e. The molecular formula is C23H30N8O8. The number of carboxylic acids is 1. The Balaban J connectivity index is 2.32. The van der Waals surface area contributed by atoms with Crippen LogP contribution in [-0.2, 0) is 40.0 Å². The number of benzene rings is 1. The predicted octanol–water partition coefficient (Wildman–Crippen LogP) is -3.80. The number of hydrogen-bond acceptors (Lipinski definition) is 8. The molecule has 13 N–H and O–H groups in total. The molecule has 39 heavy (non-hydrogen) atoms. The highest BCUT2D eigenvalue weighted by molar-refractivity contribution is 5.97. The van der Waals surface area contributed by atoms with Crippen molar-refractivity contribution in [3.8, 4) is 0 Å². The van der Waals surface area contributed by atoms with Gasteiger partial charge in [0.25, 0.3) is 0 Å². The number of fused-ring (bicyclic) bond motifs is 1. The third-order valence-electron chi connectivity index (χ3n) is 5.55. The number of primary amides is 3. The summed E-state index contributed by atoms with van der Waals surface area (Å²) in [6, 6.07) is 0.928. The van der Waals surface area contributed by atoms with Crippen LogP contribution in [-0.4, -0.2) is 75.7 Å². The highest BCUT2D eigenvalue weighted by Gasteiger charge is 2.32. The number of aliphatic carboxylic acids is 1. The topological polar surface area (TPSA) is 296 Å². The van der Waals surface area contributed by atoms with Crippen molar-refractivity contribution in [2.75, 3.05) is 0 Å². The fourth-order valence-electron chi connectivity index (χ4n) is 3.67. The van der Waals surface area contributed by atoms with Crippen molar-refractivity contribution in [3.63, 3.8) is 0 Å². The van der Waals surface area contributed by atoms with Crippen LogP contribution in [0.25, 0.3) is 10.9 Å². The summed E-state index contributed by atoms with van der Waals surface area (Å²) in [4.78, 5) is 87.0. The maximum Gasteiger partial charge on any atom is 0.326 e. The zero-order valence-electron chi connectivity index (χ0n) is 20.6. The number of rotatable bonds is 15. The molecule has 16 heteroatoms. The first-order chi connectivity index (χ1) is 18.3. The normalized spacial score (nSPS) is 13.9. The van der Waals surface area contributed by atoms with Gasteiger partial charge in [-0.1, -0.05) is 18.2 Å². The quantitative estimate of drug-likeness (QED) is 0.106. The van der Waals surface area contributed by atoms with E-state index in [1.54, 1.807) is 30.5 Å². The summed E-state index contributed by atoms with van der Waals surface area (Å²) in [6.07, 6.45) is -0.508. The number of para-hydroxylation sites is 1. The predicted molar refractivity (Wildman–Crippen MR) is 135 cm³/mol. The molecule has 4 atom stereocenters. The van der Waals surface area contributed by atoms with E-state index in [0.717, 1.165) is 10.9 Å². The van der Waals surface area contributed by atoms with E-state index in [2.05, 4.69) is 15.6 Å². The lowest BCUT2D eigenvalue weighted by atomic mass is 10.0. The van der Waals surface area contributed by atoms with E-state index in [-0.39, 0.29) is 6.42 Å². The molecule has 16 nitrogen and oxygen atoms in total. The number of carbonyl (C=O) groups is 7. The Morgan fingerprint density at radius 2 is 1.26 bits per heavy atom. The van der Waals surface area contributed by atoms with Crippen molar-refractivity contribution < 1.29 is 38.7 Å². The van der Waals surface area contributed by atoms with Crippen molar-refractivity contribution >= 4 is 52.3 Å². The van der Waals surface area contributed by atoms with Crippen LogP contribution in [0.1, 0.15) is 24.8 Å². The van der Waals surface area contributed by atoms with Crippen molar-refractivity contribution in [3.05, 3.63) is 36.0 Å². The average Bonchev–Trinajstić information content (AvgIpc) is 3.24. The van der Waals surface area contributed by atoms with Crippen LogP contribution in [0.15, 0.2) is 30.5 Å². The molecule has 6 amide bonds. The molecule has 0 fully saturated rings. The number of aromatic amines is 1. The van der Waals surface area contributed by atoms with E-state index in [1.807, 2.05) is 5.32 Å². The summed E-state index contributed by atoms with van der Waals surface area (Å²) in [5.41, 5.74) is 22.3. The van der Waals surface area contributed by atoms with Crippen LogP contribution in [0.4, 0.5) is 0 Å². The van der Waals surface area contributed by atoms with Crippen LogP contribution in [0.3, 0.4) is 0 Å². The molecule has 0 bridgehead atoms. The summed E-state index contributed by atoms with van der Waals surface area (Å²) in [5, 5.41) is 16.7. The van der Waals surface area contributed by atoms with Gasteiger partial charge in [0.05, 0.1) is 25.3 Å². The van der Waals surface area contributed by atoms with Gasteiger partial charge in [-0.05, 0) is 11.6 Å². The van der Waals surface area contributed by atoms with Crippen LogP contribution >= 0.6 is 0 Å². The Morgan fingerprint density at radius 3 is 1.85 bits per heavy atom. The zero-order valence-corrected chi connectivity index (χ0v) is 20.6. The standard InChI is InChI=1S/C23H30N8O8/c24-12(6-17(25)32)20(35)29-14(5-10-9-28-13-4-2-1-3-11(10)13)21(36)30-15(7-18(26)33)22(37)31-16(23(38)39)8-19(27)34/h1-4,9,12,14-16,28H,5-8,24H2,(H2,25,32)(H2,26,33)(H2,27,34)(H,29,35)(H,30,36)(H,31,37)(H,38,39). The first-order valence-corrected chi connectivity index (χ1v) is 11.6. The first kappa shape index (κ1) is 30.2. The van der Waals surface area contributed by atoms with Crippen molar-refractivity contribution in [2.45, 2.75) is 49.9 Å². The first-order valence-electron chi connectivity index (χ1n) is 11.6. The molecule has 0 aliphatic carbocycles. The summed E-state index contributed by atoms with van der Waals surface area (Å²) in [5.74, 6) is -7.46. The fraction of sp³-hybridized carbons (Fsp3) is 0.348. The van der Waals surface area contributed by atoms with Crippen molar-refractivity contribution in [1.82, 2.24) is 20.9 Å². The van der Waals surface area contributed by atoms with Crippen molar-refractivity contribution in [1.29, 1.82) is 0 Å². The van der Waals surface area contributed by atoms with Gasteiger partial charge in [-0.25, -0.2) is 4.79 Å². The van der Waals surface area contributed by atoms with E-state index in [0.29, 0.717) is 5.56 Å². The number of hydrogen-bond donors (Lipinski definition) is 9. The highest BCUT2D eigenvalue weighted by atomic mass is 16.4. The molecule has 2 aromatic rings. The molecule has 0 spiro atoms. The fourth-order valence-corrected chi connectivity index (χ4v) is 3.67. The number of nitrogens with one attached hydrogen (secondary N) is 4. The second-order valence-electron chi connectivity index (χ2n) is 8.70. The van der Waals surface area contributed by atoms with E-state index in [4.69, 9.17) is 22.9 Å². The Bertz CT molecular complexity index is 1280. The van der Waals surface area contributed by atoms with E-state index in [9.17, 15) is 38.7 Å². The van der Waals surface area contributed by atoms with E-state index in [1.165, 1.54) is 0 Å². The van der Waals surface area contributed by atoms with Gasteiger partial charge >= 0.3 is 5.97 Å². The lowest BCUT2D eigenvalue weighted by Gasteiger charge is -2.24. The molecule has 0 aliphatic heterocycles. The Morgan fingerprint density at radius 1 is 0.744 bits per heavy atom. The maximum absolute atomic E-state index is 13.3. The van der Waals surface area contributed by atoms with Crippen LogP contribution in [0, 0.1) is 0 Å². The van der Waals surface area contributed by atoms with E-state index < -0.39 is 84.8 Å². The van der Waals surface area contributed by atoms with Gasteiger partial charge in [0, 0.05) is 23.5 Å². The Hall–Kier alpha value is -4.99. The van der Waals surface area contributed by atoms with Gasteiger partial charge in [-0.15, -0.1) is 0 Å². The number of carbonyl (C=O) groups excluding carboxylic acids is 6. The second kappa shape index (κ2) is 13.5. The molecule has 0 aliphatic rings. The zero-order chi connectivity index (χ0) is 29.3. The maximum atomic E-state index is 13.3. The number of carboxylic acid groups (broad SMARTS) is 1. The number of aromatic nitrogens is 1. The molecule has 0 saturated carbocycles. The molecular weight excluding hydrogens is 516 g/mol. The minimum atomic E-state index is -1.74. The van der Waals surface area contributed by atoms with Gasteiger partial charge in [0.1, 0.15) is 18.1 Å². The van der Waals surface area contributed by atoms with Gasteiger partial charge in [-0.2, -0.15) is 0 Å². The molecule has 0 radical (unpaired) electrons. The molecule has 1 aromatic heterocycles. The molecule has 1 heterocycles.